The molecule has 0 N–H and O–H groups in total. The maximum Gasteiger partial charge on any atom is 0.266 e. The van der Waals surface area contributed by atoms with E-state index >= 15 is 0 Å². The second kappa shape index (κ2) is 12.2. The lowest BCUT2D eigenvalue weighted by Crippen LogP contribution is -2.39. The summed E-state index contributed by atoms with van der Waals surface area (Å²) in [4.78, 5) is 34.4. The SMILES string of the molecule is CCCCCCN(C(=O)C(Cl)c1ccccc1)C(C)c1nc2ccccc2c(=O)n1-c1ccc(C)cc1. The zero-order valence-corrected chi connectivity index (χ0v) is 22.5. The summed E-state index contributed by atoms with van der Waals surface area (Å²) in [5, 5.41) is -0.283. The third kappa shape index (κ3) is 5.94. The standard InChI is InChI=1S/C31H34ClN3O2/c1-4-5-6-12-21-34(31(37)28(32)24-13-8-7-9-14-24)23(3)29-33-27-16-11-10-15-26(27)30(36)35(29)25-19-17-22(2)18-20-25/h7-11,13-20,23,28H,4-6,12,21H2,1-3H3. The van der Waals surface area contributed by atoms with Gasteiger partial charge in [-0.2, -0.15) is 0 Å². The number of carbonyl (C=O) groups is 1. The van der Waals surface area contributed by atoms with Gasteiger partial charge < -0.3 is 4.90 Å². The van der Waals surface area contributed by atoms with E-state index in [9.17, 15) is 9.59 Å². The van der Waals surface area contributed by atoms with Gasteiger partial charge in [0.2, 0.25) is 5.91 Å². The number of hydrogen-bond donors (Lipinski definition) is 0. The zero-order chi connectivity index (χ0) is 26.4. The number of aryl methyl sites for hydroxylation is 1. The molecule has 4 rings (SSSR count). The molecule has 0 bridgehead atoms. The Bertz CT molecular complexity index is 1400. The number of unbranched alkanes of at least 4 members (excludes halogenated alkanes) is 3. The number of alkyl halides is 1. The van der Waals surface area contributed by atoms with E-state index in [-0.39, 0.29) is 11.5 Å². The summed E-state index contributed by atoms with van der Waals surface area (Å²) >= 11 is 6.74. The molecule has 4 aromatic rings. The van der Waals surface area contributed by atoms with Crippen LogP contribution < -0.4 is 5.56 Å². The zero-order valence-electron chi connectivity index (χ0n) is 21.7. The molecule has 0 saturated carbocycles. The minimum absolute atomic E-state index is 0.153. The summed E-state index contributed by atoms with van der Waals surface area (Å²) in [6, 6.07) is 24.1. The van der Waals surface area contributed by atoms with E-state index in [0.717, 1.165) is 42.5 Å². The monoisotopic (exact) mass is 515 g/mol. The highest BCUT2D eigenvalue weighted by Gasteiger charge is 2.31. The molecule has 0 aliphatic heterocycles. The van der Waals surface area contributed by atoms with Crippen molar-refractivity contribution in [3.63, 3.8) is 0 Å². The summed E-state index contributed by atoms with van der Waals surface area (Å²) in [5.41, 5.74) is 3.03. The van der Waals surface area contributed by atoms with Crippen LogP contribution in [0.4, 0.5) is 0 Å². The van der Waals surface area contributed by atoms with E-state index in [1.807, 2.05) is 86.6 Å². The van der Waals surface area contributed by atoms with E-state index < -0.39 is 11.4 Å². The van der Waals surface area contributed by atoms with Gasteiger partial charge in [-0.05, 0) is 50.1 Å². The Labute approximate surface area is 223 Å². The fraction of sp³-hybridized carbons (Fsp3) is 0.323. The number of carbonyl (C=O) groups excluding carboxylic acids is 1. The largest absolute Gasteiger partial charge is 0.331 e. The quantitative estimate of drug-likeness (QED) is 0.166. The van der Waals surface area contributed by atoms with Crippen LogP contribution in [0.2, 0.25) is 0 Å². The van der Waals surface area contributed by atoms with Gasteiger partial charge in [-0.3, -0.25) is 14.2 Å². The lowest BCUT2D eigenvalue weighted by molar-refractivity contribution is -0.133. The minimum atomic E-state index is -0.824. The second-order valence-corrected chi connectivity index (χ2v) is 9.94. The third-order valence-electron chi connectivity index (χ3n) is 6.78. The number of aromatic nitrogens is 2. The number of para-hydroxylation sites is 1. The van der Waals surface area contributed by atoms with Crippen molar-refractivity contribution in [2.24, 2.45) is 0 Å². The molecule has 5 nitrogen and oxygen atoms in total. The lowest BCUT2D eigenvalue weighted by Gasteiger charge is -2.32. The molecule has 1 heterocycles. The van der Waals surface area contributed by atoms with Crippen LogP contribution in [0, 0.1) is 6.92 Å². The summed E-state index contributed by atoms with van der Waals surface area (Å²) in [5.74, 6) is 0.336. The Balaban J connectivity index is 1.82. The molecule has 0 fully saturated rings. The van der Waals surface area contributed by atoms with E-state index in [0.29, 0.717) is 23.3 Å². The number of hydrogen-bond acceptors (Lipinski definition) is 3. The Kier molecular flexibility index (Phi) is 8.78. The smallest absolute Gasteiger partial charge is 0.266 e. The van der Waals surface area contributed by atoms with Gasteiger partial charge in [-0.25, -0.2) is 4.98 Å². The maximum absolute atomic E-state index is 13.8. The third-order valence-corrected chi connectivity index (χ3v) is 7.22. The Morgan fingerprint density at radius 1 is 0.946 bits per heavy atom. The average Bonchev–Trinajstić information content (AvgIpc) is 2.93. The van der Waals surface area contributed by atoms with Gasteiger partial charge in [0, 0.05) is 6.54 Å². The van der Waals surface area contributed by atoms with Crippen molar-refractivity contribution >= 4 is 28.4 Å². The van der Waals surface area contributed by atoms with Crippen LogP contribution in [0.25, 0.3) is 16.6 Å². The van der Waals surface area contributed by atoms with Crippen LogP contribution >= 0.6 is 11.6 Å². The lowest BCUT2D eigenvalue weighted by atomic mass is 10.1. The van der Waals surface area contributed by atoms with E-state index in [1.54, 1.807) is 15.5 Å². The molecule has 2 unspecified atom stereocenters. The molecule has 0 radical (unpaired) electrons. The van der Waals surface area contributed by atoms with Crippen LogP contribution in [-0.4, -0.2) is 26.9 Å². The van der Waals surface area contributed by atoms with Gasteiger partial charge in [-0.15, -0.1) is 11.6 Å². The first kappa shape index (κ1) is 26.6. The number of halogens is 1. The highest BCUT2D eigenvalue weighted by Crippen LogP contribution is 2.30. The summed E-state index contributed by atoms with van der Waals surface area (Å²) in [6.45, 7) is 6.64. The molecule has 1 aromatic heterocycles. The predicted molar refractivity (Wildman–Crippen MR) is 151 cm³/mol. The minimum Gasteiger partial charge on any atom is -0.331 e. The van der Waals surface area contributed by atoms with E-state index in [2.05, 4.69) is 6.92 Å². The fourth-order valence-corrected chi connectivity index (χ4v) is 4.90. The van der Waals surface area contributed by atoms with E-state index in [1.165, 1.54) is 0 Å². The summed E-state index contributed by atoms with van der Waals surface area (Å²) in [7, 11) is 0. The van der Waals surface area contributed by atoms with Crippen LogP contribution in [0.1, 0.15) is 67.9 Å². The van der Waals surface area contributed by atoms with E-state index in [4.69, 9.17) is 16.6 Å². The molecular weight excluding hydrogens is 482 g/mol. The van der Waals surface area contributed by atoms with Gasteiger partial charge in [0.25, 0.3) is 5.56 Å². The van der Waals surface area contributed by atoms with Crippen molar-refractivity contribution in [2.45, 2.75) is 57.9 Å². The second-order valence-electron chi connectivity index (χ2n) is 9.50. The van der Waals surface area contributed by atoms with Crippen molar-refractivity contribution in [3.05, 3.63) is 106 Å². The Morgan fingerprint density at radius 2 is 1.62 bits per heavy atom. The van der Waals surface area contributed by atoms with Crippen molar-refractivity contribution < 1.29 is 4.79 Å². The molecule has 2 atom stereocenters. The number of rotatable bonds is 10. The maximum atomic E-state index is 13.8. The topological polar surface area (TPSA) is 55.2 Å². The van der Waals surface area contributed by atoms with Gasteiger partial charge in [-0.1, -0.05) is 86.3 Å². The van der Waals surface area contributed by atoms with Crippen LogP contribution in [-0.2, 0) is 4.79 Å². The normalized spacial score (nSPS) is 12.9. The number of benzene rings is 3. The van der Waals surface area contributed by atoms with Crippen molar-refractivity contribution in [1.29, 1.82) is 0 Å². The van der Waals surface area contributed by atoms with Crippen molar-refractivity contribution in [1.82, 2.24) is 14.5 Å². The molecule has 37 heavy (non-hydrogen) atoms. The highest BCUT2D eigenvalue weighted by molar-refractivity contribution is 6.30. The average molecular weight is 516 g/mol. The number of fused-ring (bicyclic) bond motifs is 1. The summed E-state index contributed by atoms with van der Waals surface area (Å²) < 4.78 is 1.64. The van der Waals surface area contributed by atoms with Crippen molar-refractivity contribution in [2.75, 3.05) is 6.54 Å². The van der Waals surface area contributed by atoms with Gasteiger partial charge >= 0.3 is 0 Å². The van der Waals surface area contributed by atoms with Crippen molar-refractivity contribution in [3.8, 4) is 5.69 Å². The first-order chi connectivity index (χ1) is 17.9. The van der Waals surface area contributed by atoms with Gasteiger partial charge in [0.05, 0.1) is 22.6 Å². The fourth-order valence-electron chi connectivity index (χ4n) is 4.63. The predicted octanol–water partition coefficient (Wildman–Crippen LogP) is 7.14. The number of amides is 1. The highest BCUT2D eigenvalue weighted by atomic mass is 35.5. The molecule has 192 valence electrons. The molecule has 0 aliphatic carbocycles. The molecule has 0 saturated heterocycles. The Morgan fingerprint density at radius 3 is 2.32 bits per heavy atom. The molecular formula is C31H34ClN3O2. The van der Waals surface area contributed by atoms with Crippen LogP contribution in [0.3, 0.4) is 0 Å². The molecule has 0 spiro atoms. The van der Waals surface area contributed by atoms with Crippen LogP contribution in [0.15, 0.2) is 83.7 Å². The molecule has 0 aliphatic rings. The Hall–Kier alpha value is -3.44. The van der Waals surface area contributed by atoms with Crippen LogP contribution in [0.5, 0.6) is 0 Å². The first-order valence-electron chi connectivity index (χ1n) is 13.0. The van der Waals surface area contributed by atoms with Gasteiger partial charge in [0.15, 0.2) is 0 Å². The molecule has 3 aromatic carbocycles. The molecule has 1 amide bonds. The first-order valence-corrected chi connectivity index (χ1v) is 13.4. The van der Waals surface area contributed by atoms with Gasteiger partial charge in [0.1, 0.15) is 11.2 Å². The summed E-state index contributed by atoms with van der Waals surface area (Å²) in [6.07, 6.45) is 4.07. The number of nitrogens with zero attached hydrogens (tertiary/aromatic N) is 3. The molecule has 6 heteroatoms.